The molecule has 2 N–H and O–H groups in total. The topological polar surface area (TPSA) is 87.7 Å². The van der Waals surface area contributed by atoms with Crippen LogP contribution in [0, 0.1) is 5.82 Å². The molecule has 0 unspecified atom stereocenters. The smallest absolute Gasteiger partial charge is 0.325 e. The number of nitrogens with zero attached hydrogens (tertiary/aromatic N) is 1. The van der Waals surface area contributed by atoms with Gasteiger partial charge < -0.3 is 20.3 Å². The van der Waals surface area contributed by atoms with Crippen LogP contribution in [0.15, 0.2) is 48.5 Å². The van der Waals surface area contributed by atoms with Crippen molar-refractivity contribution < 1.29 is 23.5 Å². The Kier molecular flexibility index (Phi) is 7.50. The van der Waals surface area contributed by atoms with Gasteiger partial charge in [0.15, 0.2) is 6.61 Å². The molecule has 7 nitrogen and oxygen atoms in total. The number of rotatable bonds is 8. The molecule has 0 heterocycles. The number of carbonyl (C=O) groups excluding carboxylic acids is 3. The van der Waals surface area contributed by atoms with Gasteiger partial charge in [0.1, 0.15) is 12.4 Å². The third-order valence-corrected chi connectivity index (χ3v) is 3.79. The van der Waals surface area contributed by atoms with Gasteiger partial charge >= 0.3 is 5.97 Å². The molecule has 0 aliphatic heterocycles. The van der Waals surface area contributed by atoms with Gasteiger partial charge in [0.05, 0.1) is 0 Å². The second kappa shape index (κ2) is 10.1. The van der Waals surface area contributed by atoms with Crippen LogP contribution < -0.4 is 15.5 Å². The molecular formula is C20H22FN3O4. The number of ether oxygens (including phenoxy) is 1. The summed E-state index contributed by atoms with van der Waals surface area (Å²) in [5.41, 5.74) is 2.04. The first-order valence-electron chi connectivity index (χ1n) is 8.57. The van der Waals surface area contributed by atoms with E-state index in [-0.39, 0.29) is 5.56 Å². The average molecular weight is 387 g/mol. The average Bonchev–Trinajstić information content (AvgIpc) is 2.69. The number of carbonyl (C=O) groups is 3. The molecule has 2 rings (SSSR count). The van der Waals surface area contributed by atoms with Crippen molar-refractivity contribution in [3.8, 4) is 0 Å². The van der Waals surface area contributed by atoms with Crippen LogP contribution in [-0.2, 0) is 20.9 Å². The number of halogens is 1. The van der Waals surface area contributed by atoms with Gasteiger partial charge in [0.25, 0.3) is 11.8 Å². The van der Waals surface area contributed by atoms with Crippen molar-refractivity contribution in [1.29, 1.82) is 0 Å². The molecule has 148 valence electrons. The quantitative estimate of drug-likeness (QED) is 0.670. The minimum absolute atomic E-state index is 0.0887. The Bertz CT molecular complexity index is 838. The normalized spacial score (nSPS) is 10.1. The zero-order valence-electron chi connectivity index (χ0n) is 15.7. The van der Waals surface area contributed by atoms with Gasteiger partial charge in [-0.25, -0.2) is 4.39 Å². The lowest BCUT2D eigenvalue weighted by Gasteiger charge is -2.13. The molecule has 0 fully saturated rings. The maximum atomic E-state index is 13.1. The van der Waals surface area contributed by atoms with E-state index in [0.717, 1.165) is 17.3 Å². The molecule has 0 atom stereocenters. The summed E-state index contributed by atoms with van der Waals surface area (Å²) in [6, 6.07) is 12.7. The van der Waals surface area contributed by atoms with Crippen molar-refractivity contribution in [2.75, 3.05) is 32.1 Å². The molecule has 0 bridgehead atoms. The molecule has 0 aliphatic carbocycles. The number of nitrogens with one attached hydrogen (secondary N) is 2. The number of esters is 1. The highest BCUT2D eigenvalue weighted by atomic mass is 19.1. The second-order valence-corrected chi connectivity index (χ2v) is 6.19. The van der Waals surface area contributed by atoms with E-state index in [1.165, 1.54) is 18.2 Å². The molecule has 0 saturated heterocycles. The van der Waals surface area contributed by atoms with E-state index in [1.54, 1.807) is 0 Å². The van der Waals surface area contributed by atoms with E-state index in [2.05, 4.69) is 10.6 Å². The van der Waals surface area contributed by atoms with Crippen molar-refractivity contribution >= 4 is 23.5 Å². The van der Waals surface area contributed by atoms with Crippen molar-refractivity contribution in [2.24, 2.45) is 0 Å². The predicted molar refractivity (Wildman–Crippen MR) is 102 cm³/mol. The molecule has 2 aromatic carbocycles. The Hall–Kier alpha value is -3.42. The fraction of sp³-hybridized carbons (Fsp3) is 0.250. The van der Waals surface area contributed by atoms with Crippen LogP contribution in [0.4, 0.5) is 10.1 Å². The van der Waals surface area contributed by atoms with Crippen molar-refractivity contribution in [1.82, 2.24) is 10.6 Å². The molecule has 0 spiro atoms. The molecule has 0 aliphatic rings. The fourth-order valence-corrected chi connectivity index (χ4v) is 2.24. The highest BCUT2D eigenvalue weighted by Crippen LogP contribution is 2.11. The van der Waals surface area contributed by atoms with Crippen LogP contribution in [0.25, 0.3) is 0 Å². The first-order chi connectivity index (χ1) is 13.3. The summed E-state index contributed by atoms with van der Waals surface area (Å²) in [4.78, 5) is 37.2. The molecule has 2 aromatic rings. The number of benzene rings is 2. The summed E-state index contributed by atoms with van der Waals surface area (Å²) in [5.74, 6) is -2.39. The lowest BCUT2D eigenvalue weighted by molar-refractivity contribution is -0.147. The Morgan fingerprint density at radius 2 is 1.75 bits per heavy atom. The molecular weight excluding hydrogens is 365 g/mol. The van der Waals surface area contributed by atoms with Gasteiger partial charge in [0.2, 0.25) is 0 Å². The zero-order chi connectivity index (χ0) is 20.5. The SMILES string of the molecule is CN(C)c1ccc(CNC(=O)COC(=O)CNC(=O)c2cccc(F)c2)cc1. The maximum absolute atomic E-state index is 13.1. The van der Waals surface area contributed by atoms with Gasteiger partial charge in [-0.3, -0.25) is 14.4 Å². The molecule has 8 heteroatoms. The van der Waals surface area contributed by atoms with Crippen LogP contribution in [0.5, 0.6) is 0 Å². The third kappa shape index (κ3) is 6.71. The zero-order valence-corrected chi connectivity index (χ0v) is 15.7. The highest BCUT2D eigenvalue weighted by molar-refractivity contribution is 5.96. The predicted octanol–water partition coefficient (Wildman–Crippen LogP) is 1.48. The summed E-state index contributed by atoms with van der Waals surface area (Å²) < 4.78 is 17.9. The lowest BCUT2D eigenvalue weighted by atomic mass is 10.2. The van der Waals surface area contributed by atoms with Crippen molar-refractivity contribution in [3.63, 3.8) is 0 Å². The Labute approximate surface area is 162 Å². The number of hydrogen-bond acceptors (Lipinski definition) is 5. The minimum Gasteiger partial charge on any atom is -0.454 e. The van der Waals surface area contributed by atoms with Crippen LogP contribution in [0.3, 0.4) is 0 Å². The second-order valence-electron chi connectivity index (χ2n) is 6.19. The summed E-state index contributed by atoms with van der Waals surface area (Å²) >= 11 is 0. The van der Waals surface area contributed by atoms with E-state index in [9.17, 15) is 18.8 Å². The Morgan fingerprint density at radius 3 is 2.39 bits per heavy atom. The number of hydrogen-bond donors (Lipinski definition) is 2. The summed E-state index contributed by atoms with van der Waals surface area (Å²) in [6.07, 6.45) is 0. The lowest BCUT2D eigenvalue weighted by Crippen LogP contribution is -2.33. The van der Waals surface area contributed by atoms with E-state index in [0.29, 0.717) is 6.54 Å². The maximum Gasteiger partial charge on any atom is 0.325 e. The molecule has 2 amide bonds. The molecule has 0 radical (unpaired) electrons. The van der Waals surface area contributed by atoms with Crippen LogP contribution >= 0.6 is 0 Å². The summed E-state index contributed by atoms with van der Waals surface area (Å²) in [6.45, 7) is -0.570. The van der Waals surface area contributed by atoms with E-state index < -0.39 is 36.8 Å². The molecule has 28 heavy (non-hydrogen) atoms. The number of anilines is 1. The van der Waals surface area contributed by atoms with Gasteiger partial charge in [0, 0.05) is 31.9 Å². The Balaban J connectivity index is 1.67. The van der Waals surface area contributed by atoms with Crippen LogP contribution in [0.2, 0.25) is 0 Å². The standard InChI is InChI=1S/C20H22FN3O4/c1-24(2)17-8-6-14(7-9-17)11-22-18(25)13-28-19(26)12-23-20(27)15-4-3-5-16(21)10-15/h3-10H,11-13H2,1-2H3,(H,22,25)(H,23,27). The van der Waals surface area contributed by atoms with Gasteiger partial charge in [-0.1, -0.05) is 18.2 Å². The van der Waals surface area contributed by atoms with Crippen LogP contribution in [0.1, 0.15) is 15.9 Å². The number of amides is 2. The van der Waals surface area contributed by atoms with Gasteiger partial charge in [-0.2, -0.15) is 0 Å². The van der Waals surface area contributed by atoms with E-state index in [4.69, 9.17) is 4.74 Å². The van der Waals surface area contributed by atoms with E-state index >= 15 is 0 Å². The minimum atomic E-state index is -0.768. The van der Waals surface area contributed by atoms with Gasteiger partial charge in [-0.15, -0.1) is 0 Å². The van der Waals surface area contributed by atoms with Crippen LogP contribution in [-0.4, -0.2) is 45.0 Å². The first kappa shape index (κ1) is 20.9. The molecule has 0 saturated carbocycles. The fourth-order valence-electron chi connectivity index (χ4n) is 2.24. The largest absolute Gasteiger partial charge is 0.454 e. The Morgan fingerprint density at radius 1 is 1.04 bits per heavy atom. The third-order valence-electron chi connectivity index (χ3n) is 3.79. The first-order valence-corrected chi connectivity index (χ1v) is 8.57. The van der Waals surface area contributed by atoms with Crippen molar-refractivity contribution in [2.45, 2.75) is 6.54 Å². The van der Waals surface area contributed by atoms with E-state index in [1.807, 2.05) is 43.3 Å². The summed E-state index contributed by atoms with van der Waals surface area (Å²) in [7, 11) is 3.87. The van der Waals surface area contributed by atoms with Gasteiger partial charge in [-0.05, 0) is 35.9 Å². The highest BCUT2D eigenvalue weighted by Gasteiger charge is 2.11. The molecule has 0 aromatic heterocycles. The van der Waals surface area contributed by atoms with Crippen molar-refractivity contribution in [3.05, 3.63) is 65.5 Å². The summed E-state index contributed by atoms with van der Waals surface area (Å²) in [5, 5.41) is 4.95. The monoisotopic (exact) mass is 387 g/mol.